The standard InChI is InChI=1S/C25H30ClN7O/c1-18-16-19(2)33(29-18)24-10-9-23(27-28-24)32-11-5-6-20(17-32)25(34)31-14-12-30(13-15-31)22-8-4-3-7-21(22)26/h3-4,7-10,16,20H,5-6,11-15,17H2,1-2H3. The van der Waals surface area contributed by atoms with Crippen molar-refractivity contribution < 1.29 is 4.79 Å². The van der Waals surface area contributed by atoms with Gasteiger partial charge in [0.15, 0.2) is 11.6 Å². The van der Waals surface area contributed by atoms with Crippen LogP contribution in [0.4, 0.5) is 11.5 Å². The first-order valence-electron chi connectivity index (χ1n) is 11.9. The van der Waals surface area contributed by atoms with Gasteiger partial charge in [-0.05, 0) is 57.0 Å². The smallest absolute Gasteiger partial charge is 0.227 e. The number of hydrogen-bond donors (Lipinski definition) is 0. The van der Waals surface area contributed by atoms with E-state index in [2.05, 4.69) is 25.1 Å². The molecule has 8 nitrogen and oxygen atoms in total. The Hall–Kier alpha value is -3.13. The van der Waals surface area contributed by atoms with Crippen LogP contribution in [0, 0.1) is 19.8 Å². The molecule has 2 aliphatic rings. The summed E-state index contributed by atoms with van der Waals surface area (Å²) in [6.45, 7) is 8.57. The molecule has 0 N–H and O–H groups in total. The van der Waals surface area contributed by atoms with Crippen LogP contribution in [0.3, 0.4) is 0 Å². The van der Waals surface area contributed by atoms with E-state index in [1.54, 1.807) is 4.68 Å². The molecule has 0 bridgehead atoms. The summed E-state index contributed by atoms with van der Waals surface area (Å²) in [7, 11) is 0. The minimum absolute atomic E-state index is 0.0156. The summed E-state index contributed by atoms with van der Waals surface area (Å²) < 4.78 is 1.80. The molecule has 0 radical (unpaired) electrons. The fraction of sp³-hybridized carbons (Fsp3) is 0.440. The first-order chi connectivity index (χ1) is 16.5. The largest absolute Gasteiger partial charge is 0.367 e. The molecule has 4 heterocycles. The first kappa shape index (κ1) is 22.7. The number of para-hydroxylation sites is 1. The maximum absolute atomic E-state index is 13.3. The molecule has 0 spiro atoms. The Morgan fingerprint density at radius 2 is 1.68 bits per heavy atom. The third-order valence-corrected chi connectivity index (χ3v) is 7.06. The number of piperazine rings is 1. The van der Waals surface area contributed by atoms with Gasteiger partial charge in [0.1, 0.15) is 0 Å². The molecule has 5 rings (SSSR count). The van der Waals surface area contributed by atoms with Gasteiger partial charge in [0, 0.05) is 45.0 Å². The first-order valence-corrected chi connectivity index (χ1v) is 12.3. The molecule has 1 unspecified atom stereocenters. The summed E-state index contributed by atoms with van der Waals surface area (Å²) in [6, 6.07) is 13.8. The molecule has 2 saturated heterocycles. The molecule has 9 heteroatoms. The lowest BCUT2D eigenvalue weighted by atomic mass is 9.96. The topological polar surface area (TPSA) is 70.4 Å². The molecule has 0 saturated carbocycles. The molecule has 1 atom stereocenters. The number of benzene rings is 1. The molecule has 0 aliphatic carbocycles. The zero-order valence-corrected chi connectivity index (χ0v) is 20.4. The lowest BCUT2D eigenvalue weighted by molar-refractivity contribution is -0.136. The van der Waals surface area contributed by atoms with Crippen LogP contribution in [0.15, 0.2) is 42.5 Å². The van der Waals surface area contributed by atoms with Gasteiger partial charge in [-0.1, -0.05) is 23.7 Å². The highest BCUT2D eigenvalue weighted by Crippen LogP contribution is 2.28. The Bertz CT molecular complexity index is 1150. The molecular weight excluding hydrogens is 450 g/mol. The zero-order chi connectivity index (χ0) is 23.7. The van der Waals surface area contributed by atoms with Gasteiger partial charge in [-0.25, -0.2) is 4.68 Å². The molecule has 3 aromatic rings. The van der Waals surface area contributed by atoms with E-state index in [9.17, 15) is 4.79 Å². The van der Waals surface area contributed by atoms with Crippen molar-refractivity contribution >= 4 is 29.0 Å². The molecule has 2 aliphatic heterocycles. The van der Waals surface area contributed by atoms with E-state index in [0.717, 1.165) is 73.5 Å². The molecule has 2 fully saturated rings. The molecule has 34 heavy (non-hydrogen) atoms. The SMILES string of the molecule is Cc1cc(C)n(-c2ccc(N3CCCC(C(=O)N4CCN(c5ccccc5Cl)CC4)C3)nn2)n1. The molecule has 178 valence electrons. The maximum atomic E-state index is 13.3. The van der Waals surface area contributed by atoms with Crippen LogP contribution in [0.25, 0.3) is 5.82 Å². The molecule has 1 amide bonds. The number of hydrogen-bond acceptors (Lipinski definition) is 6. The highest BCUT2D eigenvalue weighted by Gasteiger charge is 2.32. The predicted octanol–water partition coefficient (Wildman–Crippen LogP) is 3.50. The van der Waals surface area contributed by atoms with Gasteiger partial charge < -0.3 is 14.7 Å². The second-order valence-electron chi connectivity index (χ2n) is 9.14. The van der Waals surface area contributed by atoms with Crippen molar-refractivity contribution in [3.8, 4) is 5.82 Å². The summed E-state index contributed by atoms with van der Waals surface area (Å²) in [5.41, 5.74) is 3.02. The summed E-state index contributed by atoms with van der Waals surface area (Å²) in [5.74, 6) is 1.75. The summed E-state index contributed by atoms with van der Waals surface area (Å²) in [4.78, 5) is 19.8. The third kappa shape index (κ3) is 4.59. The van der Waals surface area contributed by atoms with Crippen LogP contribution in [-0.4, -0.2) is 70.1 Å². The van der Waals surface area contributed by atoms with Gasteiger partial charge in [-0.2, -0.15) is 5.10 Å². The Morgan fingerprint density at radius 3 is 2.35 bits per heavy atom. The summed E-state index contributed by atoms with van der Waals surface area (Å²) in [5, 5.41) is 14.1. The van der Waals surface area contributed by atoms with Crippen LogP contribution in [0.5, 0.6) is 0 Å². The van der Waals surface area contributed by atoms with E-state index in [1.165, 1.54) is 0 Å². The number of carbonyl (C=O) groups is 1. The number of piperidine rings is 1. The number of amides is 1. The van der Waals surface area contributed by atoms with Crippen molar-refractivity contribution in [2.45, 2.75) is 26.7 Å². The van der Waals surface area contributed by atoms with Gasteiger partial charge in [0.2, 0.25) is 5.91 Å². The van der Waals surface area contributed by atoms with Gasteiger partial charge >= 0.3 is 0 Å². The molecular formula is C25H30ClN7O. The average molecular weight is 480 g/mol. The summed E-state index contributed by atoms with van der Waals surface area (Å²) >= 11 is 6.36. The maximum Gasteiger partial charge on any atom is 0.227 e. The Kier molecular flexibility index (Phi) is 6.41. The van der Waals surface area contributed by atoms with Crippen LogP contribution < -0.4 is 9.80 Å². The lowest BCUT2D eigenvalue weighted by Gasteiger charge is -2.40. The van der Waals surface area contributed by atoms with E-state index in [4.69, 9.17) is 11.6 Å². The quantitative estimate of drug-likeness (QED) is 0.570. The third-order valence-electron chi connectivity index (χ3n) is 6.74. The minimum atomic E-state index is -0.0156. The highest BCUT2D eigenvalue weighted by molar-refractivity contribution is 6.33. The second-order valence-corrected chi connectivity index (χ2v) is 9.54. The Morgan fingerprint density at radius 1 is 0.941 bits per heavy atom. The number of aromatic nitrogens is 4. The number of rotatable bonds is 4. The van der Waals surface area contributed by atoms with Crippen molar-refractivity contribution in [1.82, 2.24) is 24.9 Å². The van der Waals surface area contributed by atoms with Crippen LogP contribution in [-0.2, 0) is 4.79 Å². The molecule has 1 aromatic carbocycles. The fourth-order valence-electron chi connectivity index (χ4n) is 4.98. The van der Waals surface area contributed by atoms with Crippen molar-refractivity contribution in [2.75, 3.05) is 49.1 Å². The van der Waals surface area contributed by atoms with E-state index in [-0.39, 0.29) is 11.8 Å². The van der Waals surface area contributed by atoms with Gasteiger partial charge in [-0.15, -0.1) is 10.2 Å². The Balaban J connectivity index is 1.20. The van der Waals surface area contributed by atoms with Gasteiger partial charge in [-0.3, -0.25) is 4.79 Å². The van der Waals surface area contributed by atoms with Crippen molar-refractivity contribution in [3.05, 3.63) is 58.9 Å². The predicted molar refractivity (Wildman–Crippen MR) is 134 cm³/mol. The van der Waals surface area contributed by atoms with E-state index < -0.39 is 0 Å². The van der Waals surface area contributed by atoms with Crippen LogP contribution in [0.2, 0.25) is 5.02 Å². The second kappa shape index (κ2) is 9.62. The minimum Gasteiger partial charge on any atom is -0.367 e. The lowest BCUT2D eigenvalue weighted by Crippen LogP contribution is -2.52. The van der Waals surface area contributed by atoms with E-state index >= 15 is 0 Å². The highest BCUT2D eigenvalue weighted by atomic mass is 35.5. The molecule has 2 aromatic heterocycles. The number of anilines is 2. The van der Waals surface area contributed by atoms with Crippen molar-refractivity contribution in [1.29, 1.82) is 0 Å². The van der Waals surface area contributed by atoms with Gasteiger partial charge in [0.05, 0.1) is 22.3 Å². The average Bonchev–Trinajstić information content (AvgIpc) is 3.22. The normalized spacial score (nSPS) is 18.9. The zero-order valence-electron chi connectivity index (χ0n) is 19.7. The van der Waals surface area contributed by atoms with Crippen LogP contribution >= 0.6 is 11.6 Å². The number of nitrogens with zero attached hydrogens (tertiary/aromatic N) is 7. The number of halogens is 1. The monoisotopic (exact) mass is 479 g/mol. The van der Waals surface area contributed by atoms with Gasteiger partial charge in [0.25, 0.3) is 0 Å². The Labute approximate surface area is 205 Å². The van der Waals surface area contributed by atoms with E-state index in [0.29, 0.717) is 12.4 Å². The van der Waals surface area contributed by atoms with Crippen molar-refractivity contribution in [3.63, 3.8) is 0 Å². The number of carbonyl (C=O) groups excluding carboxylic acids is 1. The number of aryl methyl sites for hydroxylation is 2. The summed E-state index contributed by atoms with van der Waals surface area (Å²) in [6.07, 6.45) is 1.88. The van der Waals surface area contributed by atoms with Crippen molar-refractivity contribution in [2.24, 2.45) is 5.92 Å². The fourth-order valence-corrected chi connectivity index (χ4v) is 5.24. The van der Waals surface area contributed by atoms with Crippen LogP contribution in [0.1, 0.15) is 24.2 Å². The van der Waals surface area contributed by atoms with E-state index in [1.807, 2.05) is 61.2 Å².